The molecule has 0 aliphatic heterocycles. The summed E-state index contributed by atoms with van der Waals surface area (Å²) in [5.41, 5.74) is 0.782. The number of halogens is 2. The summed E-state index contributed by atoms with van der Waals surface area (Å²) in [6.45, 7) is 1.61. The second kappa shape index (κ2) is 6.83. The molecule has 0 bridgehead atoms. The van der Waals surface area contributed by atoms with Gasteiger partial charge in [0.2, 0.25) is 0 Å². The predicted molar refractivity (Wildman–Crippen MR) is 71.1 cm³/mol. The minimum absolute atomic E-state index is 0.0236. The molecule has 0 fully saturated rings. The van der Waals surface area contributed by atoms with Crippen molar-refractivity contribution in [1.82, 2.24) is 4.90 Å². The van der Waals surface area contributed by atoms with E-state index in [4.69, 9.17) is 33.0 Å². The van der Waals surface area contributed by atoms with E-state index < -0.39 is 6.09 Å². The average Bonchev–Trinajstić information content (AvgIpc) is 2.34. The maximum absolute atomic E-state index is 11.6. The summed E-state index contributed by atoms with van der Waals surface area (Å²) in [4.78, 5) is 13.0. The predicted octanol–water partition coefficient (Wildman–Crippen LogP) is 3.12. The Morgan fingerprint density at radius 2 is 2.17 bits per heavy atom. The second-order valence-corrected chi connectivity index (χ2v) is 4.63. The van der Waals surface area contributed by atoms with Gasteiger partial charge in [-0.3, -0.25) is 0 Å². The Bertz CT molecular complexity index is 426. The van der Waals surface area contributed by atoms with Gasteiger partial charge in [-0.2, -0.15) is 0 Å². The lowest BCUT2D eigenvalue weighted by Gasteiger charge is -2.25. The van der Waals surface area contributed by atoms with Gasteiger partial charge in [-0.25, -0.2) is 4.79 Å². The van der Waals surface area contributed by atoms with Crippen LogP contribution in [-0.2, 0) is 4.74 Å². The molecule has 0 aliphatic carbocycles. The monoisotopic (exact) mass is 291 g/mol. The summed E-state index contributed by atoms with van der Waals surface area (Å²) in [6.07, 6.45) is -0.512. The van der Waals surface area contributed by atoms with Crippen molar-refractivity contribution in [3.05, 3.63) is 33.8 Å². The number of carbonyl (C=O) groups is 1. The zero-order chi connectivity index (χ0) is 13.7. The van der Waals surface area contributed by atoms with Crippen LogP contribution in [0.2, 0.25) is 10.0 Å². The fraction of sp³-hybridized carbons (Fsp3) is 0.417. The Balaban J connectivity index is 2.79. The molecule has 0 saturated carbocycles. The largest absolute Gasteiger partial charge is 0.447 e. The molecule has 1 aromatic carbocycles. The van der Waals surface area contributed by atoms with Crippen LogP contribution < -0.4 is 0 Å². The van der Waals surface area contributed by atoms with E-state index >= 15 is 0 Å². The fourth-order valence-corrected chi connectivity index (χ4v) is 2.01. The van der Waals surface area contributed by atoms with Crippen molar-refractivity contribution < 1.29 is 14.6 Å². The van der Waals surface area contributed by atoms with Crippen molar-refractivity contribution in [2.75, 3.05) is 20.3 Å². The molecule has 4 nitrogen and oxygen atoms in total. The van der Waals surface area contributed by atoms with E-state index in [1.54, 1.807) is 25.2 Å². The van der Waals surface area contributed by atoms with Gasteiger partial charge in [-0.1, -0.05) is 29.3 Å². The molecule has 100 valence electrons. The van der Waals surface area contributed by atoms with Gasteiger partial charge in [0.05, 0.1) is 12.6 Å². The van der Waals surface area contributed by atoms with Gasteiger partial charge in [0.25, 0.3) is 0 Å². The topological polar surface area (TPSA) is 49.8 Å². The third kappa shape index (κ3) is 3.77. The lowest BCUT2D eigenvalue weighted by molar-refractivity contribution is 0.0819. The number of benzene rings is 1. The molecule has 0 aliphatic rings. The van der Waals surface area contributed by atoms with Crippen molar-refractivity contribution in [3.63, 3.8) is 0 Å². The molecule has 0 heterocycles. The van der Waals surface area contributed by atoms with Crippen molar-refractivity contribution >= 4 is 29.3 Å². The second-order valence-electron chi connectivity index (χ2n) is 3.79. The van der Waals surface area contributed by atoms with Gasteiger partial charge < -0.3 is 14.7 Å². The van der Waals surface area contributed by atoms with E-state index in [0.29, 0.717) is 10.0 Å². The minimum atomic E-state index is -0.512. The number of aliphatic hydroxyl groups excluding tert-OH is 1. The van der Waals surface area contributed by atoms with Crippen LogP contribution in [0.15, 0.2) is 18.2 Å². The molecule has 1 aromatic rings. The summed E-state index contributed by atoms with van der Waals surface area (Å²) in [5, 5.41) is 9.64. The standard InChI is InChI=1S/C12H15Cl2NO3/c1-8(15(2)12(17)18-6-5-16)10-4-3-9(13)7-11(10)14/h3-4,7-8,16H,5-6H2,1-2H3. The van der Waals surface area contributed by atoms with Gasteiger partial charge in [-0.05, 0) is 24.6 Å². The zero-order valence-corrected chi connectivity index (χ0v) is 11.7. The number of ether oxygens (including phenoxy) is 1. The van der Waals surface area contributed by atoms with Gasteiger partial charge >= 0.3 is 6.09 Å². The van der Waals surface area contributed by atoms with Gasteiger partial charge in [-0.15, -0.1) is 0 Å². The Kier molecular flexibility index (Phi) is 5.72. The Labute approximate surface area is 116 Å². The normalized spacial score (nSPS) is 12.1. The molecule has 0 radical (unpaired) electrons. The van der Waals surface area contributed by atoms with Crippen LogP contribution in [-0.4, -0.2) is 36.4 Å². The highest BCUT2D eigenvalue weighted by Crippen LogP contribution is 2.29. The highest BCUT2D eigenvalue weighted by atomic mass is 35.5. The number of rotatable bonds is 4. The van der Waals surface area contributed by atoms with Crippen molar-refractivity contribution in [1.29, 1.82) is 0 Å². The highest BCUT2D eigenvalue weighted by molar-refractivity contribution is 6.35. The van der Waals surface area contributed by atoms with Crippen molar-refractivity contribution in [2.24, 2.45) is 0 Å². The molecule has 1 rings (SSSR count). The fourth-order valence-electron chi connectivity index (χ4n) is 1.44. The first kappa shape index (κ1) is 15.1. The van der Waals surface area contributed by atoms with Gasteiger partial charge in [0, 0.05) is 17.1 Å². The van der Waals surface area contributed by atoms with Gasteiger partial charge in [0.1, 0.15) is 6.61 Å². The van der Waals surface area contributed by atoms with E-state index in [0.717, 1.165) is 5.56 Å². The summed E-state index contributed by atoms with van der Waals surface area (Å²) in [5.74, 6) is 0. The third-order valence-electron chi connectivity index (χ3n) is 2.60. The zero-order valence-electron chi connectivity index (χ0n) is 10.2. The number of aliphatic hydroxyl groups is 1. The number of hydrogen-bond donors (Lipinski definition) is 1. The molecule has 1 N–H and O–H groups in total. The molecule has 1 unspecified atom stereocenters. The van der Waals surface area contributed by atoms with E-state index in [1.807, 2.05) is 6.92 Å². The van der Waals surface area contributed by atoms with Crippen LogP contribution in [0.25, 0.3) is 0 Å². The SMILES string of the molecule is CC(c1ccc(Cl)cc1Cl)N(C)C(=O)OCCO. The molecule has 0 saturated heterocycles. The number of carbonyl (C=O) groups excluding carboxylic acids is 1. The van der Waals surface area contributed by atoms with Crippen LogP contribution in [0.5, 0.6) is 0 Å². The van der Waals surface area contributed by atoms with Crippen LogP contribution in [0.4, 0.5) is 4.79 Å². The molecule has 1 atom stereocenters. The maximum atomic E-state index is 11.6. The molecule has 6 heteroatoms. The van der Waals surface area contributed by atoms with Crippen molar-refractivity contribution in [3.8, 4) is 0 Å². The number of hydrogen-bond acceptors (Lipinski definition) is 3. The van der Waals surface area contributed by atoms with Gasteiger partial charge in [0.15, 0.2) is 0 Å². The molecule has 1 amide bonds. The maximum Gasteiger partial charge on any atom is 0.410 e. The minimum Gasteiger partial charge on any atom is -0.447 e. The Hall–Kier alpha value is -0.970. The quantitative estimate of drug-likeness (QED) is 0.927. The van der Waals surface area contributed by atoms with E-state index in [1.165, 1.54) is 4.90 Å². The van der Waals surface area contributed by atoms with Crippen LogP contribution in [0.1, 0.15) is 18.5 Å². The average molecular weight is 292 g/mol. The summed E-state index contributed by atoms with van der Waals surface area (Å²) >= 11 is 11.9. The Morgan fingerprint density at radius 1 is 1.50 bits per heavy atom. The summed E-state index contributed by atoms with van der Waals surface area (Å²) in [7, 11) is 1.61. The smallest absolute Gasteiger partial charge is 0.410 e. The van der Waals surface area contributed by atoms with E-state index in [2.05, 4.69) is 0 Å². The van der Waals surface area contributed by atoms with E-state index in [-0.39, 0.29) is 19.3 Å². The summed E-state index contributed by atoms with van der Waals surface area (Å²) in [6, 6.07) is 4.86. The van der Waals surface area contributed by atoms with Crippen LogP contribution in [0.3, 0.4) is 0 Å². The molecular weight excluding hydrogens is 277 g/mol. The van der Waals surface area contributed by atoms with Crippen LogP contribution >= 0.6 is 23.2 Å². The molecule has 18 heavy (non-hydrogen) atoms. The third-order valence-corrected chi connectivity index (χ3v) is 3.16. The first-order chi connectivity index (χ1) is 8.47. The first-order valence-electron chi connectivity index (χ1n) is 5.42. The number of nitrogens with zero attached hydrogens (tertiary/aromatic N) is 1. The molecular formula is C12H15Cl2NO3. The molecule has 0 spiro atoms. The lowest BCUT2D eigenvalue weighted by Crippen LogP contribution is -2.31. The first-order valence-corrected chi connectivity index (χ1v) is 6.18. The highest BCUT2D eigenvalue weighted by Gasteiger charge is 2.20. The van der Waals surface area contributed by atoms with Crippen molar-refractivity contribution in [2.45, 2.75) is 13.0 Å². The lowest BCUT2D eigenvalue weighted by atomic mass is 10.1. The Morgan fingerprint density at radius 3 is 2.72 bits per heavy atom. The summed E-state index contributed by atoms with van der Waals surface area (Å²) < 4.78 is 4.83. The van der Waals surface area contributed by atoms with E-state index in [9.17, 15) is 4.79 Å². The number of amides is 1. The molecule has 0 aromatic heterocycles. The van der Waals surface area contributed by atoms with Crippen LogP contribution in [0, 0.1) is 0 Å².